The van der Waals surface area contributed by atoms with Gasteiger partial charge in [-0.25, -0.2) is 13.2 Å². The monoisotopic (exact) mass is 344 g/mol. The third-order valence-corrected chi connectivity index (χ3v) is 7.65. The summed E-state index contributed by atoms with van der Waals surface area (Å²) in [4.78, 5) is 14.2. The Kier molecular flexibility index (Phi) is 4.88. The van der Waals surface area contributed by atoms with Gasteiger partial charge in [-0.2, -0.15) is 0 Å². The van der Waals surface area contributed by atoms with E-state index in [4.69, 9.17) is 0 Å². The number of sulfone groups is 1. The lowest BCUT2D eigenvalue weighted by Crippen LogP contribution is -2.56. The van der Waals surface area contributed by atoms with E-state index in [1.807, 2.05) is 4.90 Å². The maximum Gasteiger partial charge on any atom is 0.317 e. The number of amides is 2. The van der Waals surface area contributed by atoms with Gasteiger partial charge in [-0.15, -0.1) is 0 Å². The quantitative estimate of drug-likeness (QED) is 0.787. The van der Waals surface area contributed by atoms with E-state index in [1.165, 1.54) is 0 Å². The zero-order valence-electron chi connectivity index (χ0n) is 13.7. The fraction of sp³-hybridized carbons (Fsp3) is 0.938. The fourth-order valence-electron chi connectivity index (χ4n) is 4.24. The second-order valence-electron chi connectivity index (χ2n) is 7.52. The molecule has 2 saturated heterocycles. The van der Waals surface area contributed by atoms with Gasteiger partial charge in [0.1, 0.15) is 9.84 Å². The molecular weight excluding hydrogens is 316 g/mol. The van der Waals surface area contributed by atoms with Crippen molar-refractivity contribution in [3.63, 3.8) is 0 Å². The van der Waals surface area contributed by atoms with Gasteiger partial charge in [-0.1, -0.05) is 12.8 Å². The molecule has 6 nitrogen and oxygen atoms in total. The molecule has 1 aliphatic carbocycles. The number of hydrogen-bond donors (Lipinski definition) is 2. The van der Waals surface area contributed by atoms with Crippen molar-refractivity contribution >= 4 is 15.9 Å². The van der Waals surface area contributed by atoms with Crippen molar-refractivity contribution in [1.29, 1.82) is 0 Å². The largest absolute Gasteiger partial charge is 0.389 e. The molecule has 7 heteroatoms. The molecule has 2 amide bonds. The molecule has 2 heterocycles. The first kappa shape index (κ1) is 17.0. The maximum atomic E-state index is 12.4. The Labute approximate surface area is 138 Å². The number of rotatable bonds is 2. The second-order valence-corrected chi connectivity index (χ2v) is 9.83. The molecule has 0 aromatic rings. The highest BCUT2D eigenvalue weighted by molar-refractivity contribution is 7.91. The predicted octanol–water partition coefficient (Wildman–Crippen LogP) is 1.15. The molecule has 3 fully saturated rings. The number of piperidine rings is 1. The number of hydrogen-bond acceptors (Lipinski definition) is 4. The molecule has 2 atom stereocenters. The van der Waals surface area contributed by atoms with Crippen molar-refractivity contribution < 1.29 is 18.3 Å². The number of urea groups is 1. The molecule has 0 aromatic heterocycles. The SMILES string of the molecule is O=C(NCC1CCS(=O)(=O)CC1)N1CC[C@@]2(O)CCCC[C@@H]2C1. The molecule has 0 bridgehead atoms. The van der Waals surface area contributed by atoms with Gasteiger partial charge < -0.3 is 15.3 Å². The number of nitrogens with one attached hydrogen (secondary N) is 1. The fourth-order valence-corrected chi connectivity index (χ4v) is 5.83. The Bertz CT molecular complexity index is 536. The minimum Gasteiger partial charge on any atom is -0.389 e. The lowest BCUT2D eigenvalue weighted by molar-refractivity contribution is -0.0870. The highest BCUT2D eigenvalue weighted by atomic mass is 32.2. The maximum absolute atomic E-state index is 12.4. The summed E-state index contributed by atoms with van der Waals surface area (Å²) in [6.07, 6.45) is 6.05. The zero-order chi connectivity index (χ0) is 16.5. The Hall–Kier alpha value is -0.820. The smallest absolute Gasteiger partial charge is 0.317 e. The van der Waals surface area contributed by atoms with E-state index in [9.17, 15) is 18.3 Å². The third kappa shape index (κ3) is 3.99. The number of likely N-dealkylation sites (tertiary alicyclic amines) is 1. The number of fused-ring (bicyclic) bond motifs is 1. The summed E-state index contributed by atoms with van der Waals surface area (Å²) in [6, 6.07) is -0.0638. The molecule has 3 aliphatic rings. The van der Waals surface area contributed by atoms with Crippen LogP contribution in [0.5, 0.6) is 0 Å². The van der Waals surface area contributed by atoms with Crippen molar-refractivity contribution in [1.82, 2.24) is 10.2 Å². The number of carbonyl (C=O) groups is 1. The number of aliphatic hydroxyl groups is 1. The van der Waals surface area contributed by atoms with Crippen LogP contribution in [0, 0.1) is 11.8 Å². The van der Waals surface area contributed by atoms with E-state index in [-0.39, 0.29) is 29.4 Å². The molecule has 3 rings (SSSR count). The minimum absolute atomic E-state index is 0.0638. The van der Waals surface area contributed by atoms with Gasteiger partial charge in [0.05, 0.1) is 17.1 Å². The topological polar surface area (TPSA) is 86.7 Å². The zero-order valence-corrected chi connectivity index (χ0v) is 14.5. The van der Waals surface area contributed by atoms with Crippen LogP contribution < -0.4 is 5.32 Å². The van der Waals surface area contributed by atoms with Crippen LogP contribution in [0.1, 0.15) is 44.9 Å². The molecule has 0 unspecified atom stereocenters. The first-order valence-corrected chi connectivity index (χ1v) is 10.7. The highest BCUT2D eigenvalue weighted by Crippen LogP contribution is 2.39. The number of carbonyl (C=O) groups excluding carboxylic acids is 1. The Morgan fingerprint density at radius 2 is 1.91 bits per heavy atom. The van der Waals surface area contributed by atoms with E-state index < -0.39 is 15.4 Å². The molecular formula is C16H28N2O4S. The van der Waals surface area contributed by atoms with Crippen LogP contribution >= 0.6 is 0 Å². The molecule has 132 valence electrons. The Morgan fingerprint density at radius 3 is 2.65 bits per heavy atom. The van der Waals surface area contributed by atoms with Crippen molar-refractivity contribution in [2.75, 3.05) is 31.1 Å². The van der Waals surface area contributed by atoms with Crippen molar-refractivity contribution in [3.05, 3.63) is 0 Å². The molecule has 0 aromatic carbocycles. The second kappa shape index (κ2) is 6.59. The van der Waals surface area contributed by atoms with Crippen molar-refractivity contribution in [2.24, 2.45) is 11.8 Å². The van der Waals surface area contributed by atoms with Crippen LogP contribution in [0.4, 0.5) is 4.79 Å². The van der Waals surface area contributed by atoms with Crippen LogP contribution in [-0.2, 0) is 9.84 Å². The van der Waals surface area contributed by atoms with Gasteiger partial charge >= 0.3 is 6.03 Å². The van der Waals surface area contributed by atoms with Gasteiger partial charge in [-0.05, 0) is 38.0 Å². The molecule has 0 radical (unpaired) electrons. The summed E-state index contributed by atoms with van der Waals surface area (Å²) in [5.41, 5.74) is -0.563. The van der Waals surface area contributed by atoms with E-state index in [0.29, 0.717) is 38.9 Å². The summed E-state index contributed by atoms with van der Waals surface area (Å²) in [5, 5.41) is 13.6. The van der Waals surface area contributed by atoms with E-state index in [0.717, 1.165) is 25.7 Å². The predicted molar refractivity (Wildman–Crippen MR) is 87.9 cm³/mol. The van der Waals surface area contributed by atoms with Crippen LogP contribution in [-0.4, -0.2) is 61.2 Å². The molecule has 23 heavy (non-hydrogen) atoms. The van der Waals surface area contributed by atoms with E-state index in [1.54, 1.807) is 0 Å². The minimum atomic E-state index is -2.85. The van der Waals surface area contributed by atoms with Gasteiger partial charge in [0.15, 0.2) is 0 Å². The van der Waals surface area contributed by atoms with Crippen LogP contribution in [0.2, 0.25) is 0 Å². The summed E-state index contributed by atoms with van der Waals surface area (Å²) < 4.78 is 22.9. The molecule has 2 N–H and O–H groups in total. The van der Waals surface area contributed by atoms with E-state index >= 15 is 0 Å². The third-order valence-electron chi connectivity index (χ3n) is 5.93. The van der Waals surface area contributed by atoms with Crippen LogP contribution in [0.3, 0.4) is 0 Å². The summed E-state index contributed by atoms with van der Waals surface area (Å²) >= 11 is 0. The molecule has 1 saturated carbocycles. The summed E-state index contributed by atoms with van der Waals surface area (Å²) in [5.74, 6) is 0.952. The first-order chi connectivity index (χ1) is 10.9. The van der Waals surface area contributed by atoms with Crippen molar-refractivity contribution in [3.8, 4) is 0 Å². The average Bonchev–Trinajstić information content (AvgIpc) is 2.52. The van der Waals surface area contributed by atoms with Crippen molar-refractivity contribution in [2.45, 2.75) is 50.5 Å². The first-order valence-electron chi connectivity index (χ1n) is 8.84. The normalized spacial score (nSPS) is 34.7. The standard InChI is InChI=1S/C16H28N2O4S/c19-15(17-11-13-4-9-23(21,22)10-5-13)18-8-7-16(20)6-2-1-3-14(16)12-18/h13-14,20H,1-12H2,(H,17,19)/t14-,16+/m1/s1. The van der Waals surface area contributed by atoms with Gasteiger partial charge in [-0.3, -0.25) is 0 Å². The Morgan fingerprint density at radius 1 is 1.17 bits per heavy atom. The Balaban J connectivity index is 1.46. The van der Waals surface area contributed by atoms with Gasteiger partial charge in [0, 0.05) is 25.6 Å². The molecule has 0 spiro atoms. The molecule has 2 aliphatic heterocycles. The summed E-state index contributed by atoms with van der Waals surface area (Å²) in [7, 11) is -2.85. The highest BCUT2D eigenvalue weighted by Gasteiger charge is 2.43. The average molecular weight is 344 g/mol. The van der Waals surface area contributed by atoms with Crippen LogP contribution in [0.15, 0.2) is 0 Å². The number of nitrogens with zero attached hydrogens (tertiary/aromatic N) is 1. The van der Waals surface area contributed by atoms with Gasteiger partial charge in [0.2, 0.25) is 0 Å². The van der Waals surface area contributed by atoms with E-state index in [2.05, 4.69) is 5.32 Å². The lowest BCUT2D eigenvalue weighted by atomic mass is 9.71. The van der Waals surface area contributed by atoms with Gasteiger partial charge in [0.25, 0.3) is 0 Å². The lowest BCUT2D eigenvalue weighted by Gasteiger charge is -2.47. The van der Waals surface area contributed by atoms with Crippen LogP contribution in [0.25, 0.3) is 0 Å². The summed E-state index contributed by atoms with van der Waals surface area (Å²) in [6.45, 7) is 1.80.